The predicted octanol–water partition coefficient (Wildman–Crippen LogP) is 3.16. The van der Waals surface area contributed by atoms with Crippen molar-refractivity contribution in [3.63, 3.8) is 0 Å². The average Bonchev–Trinajstić information content (AvgIpc) is 3.17. The van der Waals surface area contributed by atoms with Gasteiger partial charge >= 0.3 is 0 Å². The van der Waals surface area contributed by atoms with E-state index in [0.717, 1.165) is 11.8 Å². The van der Waals surface area contributed by atoms with Gasteiger partial charge < -0.3 is 0 Å². The highest BCUT2D eigenvalue weighted by Crippen LogP contribution is 2.19. The normalized spacial score (nSPS) is 11.1. The van der Waals surface area contributed by atoms with Crippen molar-refractivity contribution < 1.29 is 9.59 Å². The van der Waals surface area contributed by atoms with Crippen molar-refractivity contribution in [1.82, 2.24) is 14.9 Å². The third kappa shape index (κ3) is 4.64. The van der Waals surface area contributed by atoms with Crippen LogP contribution < -0.4 is 10.9 Å². The van der Waals surface area contributed by atoms with Crippen LogP contribution in [0, 0.1) is 5.92 Å². The molecule has 0 unspecified atom stereocenters. The van der Waals surface area contributed by atoms with Crippen LogP contribution in [0.3, 0.4) is 0 Å². The van der Waals surface area contributed by atoms with Crippen LogP contribution in [0.4, 0.5) is 0 Å². The molecule has 8 heteroatoms. The summed E-state index contributed by atoms with van der Waals surface area (Å²) >= 11 is 2.43. The Bertz CT molecular complexity index is 1030. The predicted molar refractivity (Wildman–Crippen MR) is 108 cm³/mol. The first-order chi connectivity index (χ1) is 13.0. The fraction of sp³-hybridized carbons (Fsp3) is 0.263. The first-order valence-corrected chi connectivity index (χ1v) is 10.3. The lowest BCUT2D eigenvalue weighted by molar-refractivity contribution is -0.117. The molecule has 2 aromatic heterocycles. The van der Waals surface area contributed by atoms with Crippen LogP contribution in [0.5, 0.6) is 0 Å². The van der Waals surface area contributed by atoms with Gasteiger partial charge in [-0.3, -0.25) is 24.3 Å². The summed E-state index contributed by atoms with van der Waals surface area (Å²) in [6, 6.07) is 10.6. The molecule has 3 rings (SSSR count). The Morgan fingerprint density at radius 2 is 2.00 bits per heavy atom. The highest BCUT2D eigenvalue weighted by Gasteiger charge is 2.16. The summed E-state index contributed by atoms with van der Waals surface area (Å²) in [7, 11) is 0. The zero-order valence-corrected chi connectivity index (χ0v) is 16.6. The standard InChI is InChI=1S/C19H19N3O3S2/c1-12(2)10-22-18(25)13-6-3-4-7-14(13)20-19(22)27-11-16(23)21-17(24)15-8-5-9-26-15/h3-9,12H,10-11H2,1-2H3,(H,21,23,24). The molecular weight excluding hydrogens is 382 g/mol. The van der Waals surface area contributed by atoms with Crippen LogP contribution in [0.1, 0.15) is 23.5 Å². The second-order valence-corrected chi connectivity index (χ2v) is 8.25. The first kappa shape index (κ1) is 19.3. The lowest BCUT2D eigenvalue weighted by Gasteiger charge is -2.14. The minimum absolute atomic E-state index is 0.00000921. The Labute approximate surface area is 164 Å². The smallest absolute Gasteiger partial charge is 0.267 e. The summed E-state index contributed by atoms with van der Waals surface area (Å²) in [4.78, 5) is 42.0. The van der Waals surface area contributed by atoms with Crippen LogP contribution in [-0.4, -0.2) is 27.1 Å². The lowest BCUT2D eigenvalue weighted by Crippen LogP contribution is -2.32. The zero-order chi connectivity index (χ0) is 19.4. The number of aromatic nitrogens is 2. The van der Waals surface area contributed by atoms with E-state index in [2.05, 4.69) is 10.3 Å². The minimum atomic E-state index is -0.420. The van der Waals surface area contributed by atoms with Gasteiger partial charge in [-0.1, -0.05) is 43.8 Å². The van der Waals surface area contributed by atoms with Gasteiger partial charge in [0.2, 0.25) is 5.91 Å². The molecule has 1 N–H and O–H groups in total. The second kappa shape index (κ2) is 8.49. The lowest BCUT2D eigenvalue weighted by atomic mass is 10.2. The zero-order valence-electron chi connectivity index (χ0n) is 15.0. The van der Waals surface area contributed by atoms with Gasteiger partial charge in [-0.25, -0.2) is 4.98 Å². The maximum atomic E-state index is 12.8. The number of benzene rings is 1. The number of thioether (sulfide) groups is 1. The number of amides is 2. The third-order valence-corrected chi connectivity index (χ3v) is 5.55. The van der Waals surface area contributed by atoms with E-state index in [1.165, 1.54) is 11.3 Å². The van der Waals surface area contributed by atoms with Crippen molar-refractivity contribution in [2.45, 2.75) is 25.5 Å². The van der Waals surface area contributed by atoms with Gasteiger partial charge in [-0.15, -0.1) is 11.3 Å². The minimum Gasteiger partial charge on any atom is -0.291 e. The highest BCUT2D eigenvalue weighted by atomic mass is 32.2. The molecule has 0 atom stereocenters. The maximum Gasteiger partial charge on any atom is 0.267 e. The number of rotatable bonds is 6. The molecule has 0 spiro atoms. The molecule has 0 aliphatic rings. The van der Waals surface area contributed by atoms with E-state index in [1.54, 1.807) is 34.2 Å². The van der Waals surface area contributed by atoms with E-state index in [0.29, 0.717) is 27.5 Å². The first-order valence-electron chi connectivity index (χ1n) is 8.45. The van der Waals surface area contributed by atoms with Crippen molar-refractivity contribution in [1.29, 1.82) is 0 Å². The number of fused-ring (bicyclic) bond motifs is 1. The van der Waals surface area contributed by atoms with E-state index >= 15 is 0 Å². The molecule has 0 aliphatic carbocycles. The fourth-order valence-electron chi connectivity index (χ4n) is 2.55. The van der Waals surface area contributed by atoms with Gasteiger partial charge in [0.1, 0.15) is 0 Å². The van der Waals surface area contributed by atoms with Gasteiger partial charge in [0.05, 0.1) is 21.5 Å². The van der Waals surface area contributed by atoms with Crippen LogP contribution in [-0.2, 0) is 11.3 Å². The molecule has 6 nitrogen and oxygen atoms in total. The van der Waals surface area contributed by atoms with Crippen molar-refractivity contribution in [3.8, 4) is 0 Å². The van der Waals surface area contributed by atoms with Gasteiger partial charge in [0.15, 0.2) is 5.16 Å². The molecule has 1 aromatic carbocycles. The Kier molecular flexibility index (Phi) is 6.08. The van der Waals surface area contributed by atoms with E-state index in [-0.39, 0.29) is 17.2 Å². The molecule has 2 amide bonds. The summed E-state index contributed by atoms with van der Waals surface area (Å²) in [5, 5.41) is 5.17. The number of carbonyl (C=O) groups excluding carboxylic acids is 2. The Morgan fingerprint density at radius 3 is 2.70 bits per heavy atom. The van der Waals surface area contributed by atoms with Gasteiger partial charge in [-0.2, -0.15) is 0 Å². The number of para-hydroxylation sites is 1. The Hall–Kier alpha value is -2.45. The van der Waals surface area contributed by atoms with Crippen LogP contribution >= 0.6 is 23.1 Å². The number of nitrogens with zero attached hydrogens (tertiary/aromatic N) is 2. The molecule has 0 fully saturated rings. The maximum absolute atomic E-state index is 12.8. The highest BCUT2D eigenvalue weighted by molar-refractivity contribution is 7.99. The van der Waals surface area contributed by atoms with Crippen LogP contribution in [0.25, 0.3) is 10.9 Å². The van der Waals surface area contributed by atoms with E-state index < -0.39 is 11.8 Å². The van der Waals surface area contributed by atoms with Crippen molar-refractivity contribution in [2.24, 2.45) is 5.92 Å². The fourth-order valence-corrected chi connectivity index (χ4v) is 3.97. The average molecular weight is 402 g/mol. The van der Waals surface area contributed by atoms with Crippen molar-refractivity contribution >= 4 is 45.8 Å². The quantitative estimate of drug-likeness (QED) is 0.507. The molecule has 2 heterocycles. The third-order valence-electron chi connectivity index (χ3n) is 3.70. The second-order valence-electron chi connectivity index (χ2n) is 6.36. The molecule has 27 heavy (non-hydrogen) atoms. The van der Waals surface area contributed by atoms with Gasteiger partial charge in [0.25, 0.3) is 11.5 Å². The summed E-state index contributed by atoms with van der Waals surface area (Å²) in [5.74, 6) is -0.585. The monoisotopic (exact) mass is 401 g/mol. The summed E-state index contributed by atoms with van der Waals surface area (Å²) < 4.78 is 1.60. The Morgan fingerprint density at radius 1 is 1.22 bits per heavy atom. The van der Waals surface area contributed by atoms with E-state index in [1.807, 2.05) is 26.0 Å². The van der Waals surface area contributed by atoms with E-state index in [4.69, 9.17) is 0 Å². The SMILES string of the molecule is CC(C)Cn1c(SCC(=O)NC(=O)c2cccs2)nc2ccccc2c1=O. The van der Waals surface area contributed by atoms with E-state index in [9.17, 15) is 14.4 Å². The van der Waals surface area contributed by atoms with Gasteiger partial charge in [-0.05, 0) is 29.5 Å². The van der Waals surface area contributed by atoms with Crippen LogP contribution in [0.2, 0.25) is 0 Å². The molecule has 3 aromatic rings. The molecule has 0 saturated carbocycles. The summed E-state index contributed by atoms with van der Waals surface area (Å²) in [6.45, 7) is 4.54. The summed E-state index contributed by atoms with van der Waals surface area (Å²) in [5.41, 5.74) is 0.479. The number of hydrogen-bond donors (Lipinski definition) is 1. The Balaban J connectivity index is 1.80. The van der Waals surface area contributed by atoms with Crippen LogP contribution in [0.15, 0.2) is 51.7 Å². The van der Waals surface area contributed by atoms with Gasteiger partial charge in [0, 0.05) is 6.54 Å². The molecule has 0 aliphatic heterocycles. The van der Waals surface area contributed by atoms with Crippen molar-refractivity contribution in [3.05, 3.63) is 57.0 Å². The number of imide groups is 1. The molecular formula is C19H19N3O3S2. The molecule has 140 valence electrons. The number of nitrogens with one attached hydrogen (secondary N) is 1. The number of thiophene rings is 1. The molecule has 0 bridgehead atoms. The topological polar surface area (TPSA) is 81.1 Å². The molecule has 0 radical (unpaired) electrons. The number of carbonyl (C=O) groups is 2. The molecule has 0 saturated heterocycles. The van der Waals surface area contributed by atoms with Crippen molar-refractivity contribution in [2.75, 3.05) is 5.75 Å². The largest absolute Gasteiger partial charge is 0.291 e. The number of hydrogen-bond acceptors (Lipinski definition) is 6. The summed E-state index contributed by atoms with van der Waals surface area (Å²) in [6.07, 6.45) is 0.